The van der Waals surface area contributed by atoms with E-state index in [9.17, 15) is 0 Å². The molecule has 0 saturated carbocycles. The lowest BCUT2D eigenvalue weighted by molar-refractivity contribution is 0.355. The molecule has 2 aromatic carbocycles. The number of guanidine groups is 1. The zero-order valence-corrected chi connectivity index (χ0v) is 21.9. The van der Waals surface area contributed by atoms with E-state index < -0.39 is 0 Å². The Bertz CT molecular complexity index is 1050. The fourth-order valence-electron chi connectivity index (χ4n) is 3.05. The molecule has 0 aliphatic carbocycles. The van der Waals surface area contributed by atoms with E-state index in [0.717, 1.165) is 29.5 Å². The Hall–Kier alpha value is -3.02. The summed E-state index contributed by atoms with van der Waals surface area (Å²) < 4.78 is 17.9. The smallest absolute Gasteiger partial charge is 0.196 e. The predicted molar refractivity (Wildman–Crippen MR) is 140 cm³/mol. The molecule has 3 rings (SSSR count). The van der Waals surface area contributed by atoms with Crippen LogP contribution in [0.4, 0.5) is 5.69 Å². The Morgan fingerprint density at radius 1 is 0.970 bits per heavy atom. The summed E-state index contributed by atoms with van der Waals surface area (Å²) in [6, 6.07) is 13.7. The molecule has 0 spiro atoms. The first-order valence-electron chi connectivity index (χ1n) is 10.3. The summed E-state index contributed by atoms with van der Waals surface area (Å²) in [6.07, 6.45) is 0.833. The Balaban J connectivity index is 0.00000385. The van der Waals surface area contributed by atoms with E-state index in [4.69, 9.17) is 19.2 Å². The van der Waals surface area contributed by atoms with Crippen molar-refractivity contribution in [3.63, 3.8) is 0 Å². The van der Waals surface area contributed by atoms with Crippen molar-refractivity contribution >= 4 is 35.6 Å². The molecular weight excluding hydrogens is 535 g/mol. The Kier molecular flexibility index (Phi) is 10.2. The van der Waals surface area contributed by atoms with Crippen molar-refractivity contribution in [2.24, 2.45) is 12.0 Å². The van der Waals surface area contributed by atoms with E-state index >= 15 is 0 Å². The van der Waals surface area contributed by atoms with E-state index in [1.165, 1.54) is 5.56 Å². The van der Waals surface area contributed by atoms with Gasteiger partial charge in [-0.15, -0.1) is 34.2 Å². The van der Waals surface area contributed by atoms with Gasteiger partial charge in [0.25, 0.3) is 0 Å². The zero-order chi connectivity index (χ0) is 22.9. The summed E-state index contributed by atoms with van der Waals surface area (Å²) in [7, 11) is 6.82. The zero-order valence-electron chi connectivity index (χ0n) is 19.6. The third-order valence-corrected chi connectivity index (χ3v) is 5.07. The van der Waals surface area contributed by atoms with Gasteiger partial charge in [-0.2, -0.15) is 0 Å². The molecule has 10 heteroatoms. The first-order chi connectivity index (χ1) is 15.5. The van der Waals surface area contributed by atoms with Crippen LogP contribution in [0, 0.1) is 6.92 Å². The number of nitrogens with zero attached hydrogens (tertiary/aromatic N) is 4. The first-order valence-corrected chi connectivity index (χ1v) is 10.3. The third kappa shape index (κ3) is 7.24. The fourth-order valence-corrected chi connectivity index (χ4v) is 3.05. The number of halogens is 1. The Morgan fingerprint density at radius 3 is 2.30 bits per heavy atom. The molecule has 0 aliphatic heterocycles. The summed E-state index contributed by atoms with van der Waals surface area (Å²) in [5.74, 6) is 4.41. The SMILES string of the molecule is COc1ccc(CCNC(=NCc2nnc(C)n2C)Nc2ccc(OC)c(OC)c2)cc1.I. The van der Waals surface area contributed by atoms with E-state index in [2.05, 4.69) is 33.0 Å². The number of hydrogen-bond donors (Lipinski definition) is 2. The van der Waals surface area contributed by atoms with Crippen molar-refractivity contribution < 1.29 is 14.2 Å². The number of hydrogen-bond acceptors (Lipinski definition) is 6. The molecule has 0 aliphatic rings. The van der Waals surface area contributed by atoms with Crippen molar-refractivity contribution in [3.8, 4) is 17.2 Å². The Morgan fingerprint density at radius 2 is 1.70 bits per heavy atom. The normalized spacial score (nSPS) is 10.9. The van der Waals surface area contributed by atoms with Crippen molar-refractivity contribution in [1.29, 1.82) is 0 Å². The second kappa shape index (κ2) is 12.9. The van der Waals surface area contributed by atoms with Gasteiger partial charge < -0.3 is 29.4 Å². The van der Waals surface area contributed by atoms with Gasteiger partial charge in [-0.1, -0.05) is 12.1 Å². The van der Waals surface area contributed by atoms with Gasteiger partial charge in [0.2, 0.25) is 0 Å². The van der Waals surface area contributed by atoms with Crippen LogP contribution in [0.5, 0.6) is 17.2 Å². The highest BCUT2D eigenvalue weighted by Crippen LogP contribution is 2.29. The van der Waals surface area contributed by atoms with E-state index in [-0.39, 0.29) is 24.0 Å². The molecule has 3 aromatic rings. The number of aliphatic imine (C=N–C) groups is 1. The molecule has 178 valence electrons. The van der Waals surface area contributed by atoms with Gasteiger partial charge in [0.1, 0.15) is 18.1 Å². The lowest BCUT2D eigenvalue weighted by Crippen LogP contribution is -2.32. The fraction of sp³-hybridized carbons (Fsp3) is 0.348. The largest absolute Gasteiger partial charge is 0.497 e. The van der Waals surface area contributed by atoms with Crippen LogP contribution in [-0.2, 0) is 20.0 Å². The second-order valence-corrected chi connectivity index (χ2v) is 7.11. The third-order valence-electron chi connectivity index (χ3n) is 5.07. The molecule has 2 N–H and O–H groups in total. The minimum absolute atomic E-state index is 0. The monoisotopic (exact) mass is 566 g/mol. The summed E-state index contributed by atoms with van der Waals surface area (Å²) in [4.78, 5) is 4.70. The molecule has 1 aromatic heterocycles. The quantitative estimate of drug-likeness (QED) is 0.232. The molecule has 0 radical (unpaired) electrons. The van der Waals surface area contributed by atoms with Crippen LogP contribution >= 0.6 is 24.0 Å². The lowest BCUT2D eigenvalue weighted by Gasteiger charge is -2.15. The van der Waals surface area contributed by atoms with Crippen LogP contribution in [0.2, 0.25) is 0 Å². The van der Waals surface area contributed by atoms with Crippen LogP contribution in [0.25, 0.3) is 0 Å². The van der Waals surface area contributed by atoms with Gasteiger partial charge in [-0.25, -0.2) is 4.99 Å². The van der Waals surface area contributed by atoms with Crippen LogP contribution < -0.4 is 24.8 Å². The molecule has 1 heterocycles. The summed E-state index contributed by atoms with van der Waals surface area (Å²) in [5, 5.41) is 15.0. The van der Waals surface area contributed by atoms with Crippen LogP contribution in [0.15, 0.2) is 47.5 Å². The number of aryl methyl sites for hydroxylation is 1. The average molecular weight is 566 g/mol. The molecular formula is C23H31IN6O3. The molecule has 0 saturated heterocycles. The highest BCUT2D eigenvalue weighted by Gasteiger charge is 2.09. The standard InChI is InChI=1S/C23H30N6O3.HI/c1-16-27-28-22(29(16)2)15-25-23(24-13-12-17-6-9-19(30-3)10-7-17)26-18-8-11-20(31-4)21(14-18)32-5;/h6-11,14H,12-13,15H2,1-5H3,(H2,24,25,26);1H. The predicted octanol–water partition coefficient (Wildman–Crippen LogP) is 3.57. The van der Waals surface area contributed by atoms with Gasteiger partial charge in [0.05, 0.1) is 21.3 Å². The van der Waals surface area contributed by atoms with E-state index in [0.29, 0.717) is 30.5 Å². The molecule has 0 fully saturated rings. The highest BCUT2D eigenvalue weighted by molar-refractivity contribution is 14.0. The number of rotatable bonds is 9. The molecule has 0 atom stereocenters. The Labute approximate surface area is 211 Å². The number of methoxy groups -OCH3 is 3. The van der Waals surface area contributed by atoms with Crippen LogP contribution in [0.3, 0.4) is 0 Å². The number of ether oxygens (including phenoxy) is 3. The topological polar surface area (TPSA) is 94.8 Å². The van der Waals surface area contributed by atoms with Gasteiger partial charge in [-0.05, 0) is 43.2 Å². The number of benzene rings is 2. The van der Waals surface area contributed by atoms with Crippen molar-refractivity contribution in [1.82, 2.24) is 20.1 Å². The average Bonchev–Trinajstić information content (AvgIpc) is 3.15. The minimum atomic E-state index is 0. The maximum absolute atomic E-state index is 5.41. The second-order valence-electron chi connectivity index (χ2n) is 7.11. The van der Waals surface area contributed by atoms with Crippen molar-refractivity contribution in [3.05, 3.63) is 59.7 Å². The van der Waals surface area contributed by atoms with Crippen molar-refractivity contribution in [2.75, 3.05) is 33.2 Å². The highest BCUT2D eigenvalue weighted by atomic mass is 127. The van der Waals surface area contributed by atoms with E-state index in [1.54, 1.807) is 21.3 Å². The summed E-state index contributed by atoms with van der Waals surface area (Å²) in [5.41, 5.74) is 2.03. The van der Waals surface area contributed by atoms with Gasteiger partial charge >= 0.3 is 0 Å². The lowest BCUT2D eigenvalue weighted by atomic mass is 10.1. The number of nitrogens with one attached hydrogen (secondary N) is 2. The number of anilines is 1. The molecule has 0 amide bonds. The summed E-state index contributed by atoms with van der Waals surface area (Å²) in [6.45, 7) is 3.00. The molecule has 0 unspecified atom stereocenters. The van der Waals surface area contributed by atoms with Crippen molar-refractivity contribution in [2.45, 2.75) is 19.9 Å². The van der Waals surface area contributed by atoms with Crippen LogP contribution in [-0.4, -0.2) is 48.6 Å². The molecule has 33 heavy (non-hydrogen) atoms. The molecule has 0 bridgehead atoms. The van der Waals surface area contributed by atoms with Crippen LogP contribution in [0.1, 0.15) is 17.2 Å². The number of aromatic nitrogens is 3. The van der Waals surface area contributed by atoms with Gasteiger partial charge in [0, 0.05) is 25.3 Å². The minimum Gasteiger partial charge on any atom is -0.497 e. The maximum Gasteiger partial charge on any atom is 0.196 e. The van der Waals surface area contributed by atoms with Gasteiger partial charge in [-0.3, -0.25) is 0 Å². The molecule has 9 nitrogen and oxygen atoms in total. The first kappa shape index (κ1) is 26.2. The van der Waals surface area contributed by atoms with E-state index in [1.807, 2.05) is 48.9 Å². The van der Waals surface area contributed by atoms with Gasteiger partial charge in [0.15, 0.2) is 23.3 Å². The summed E-state index contributed by atoms with van der Waals surface area (Å²) >= 11 is 0. The maximum atomic E-state index is 5.41.